The molecule has 2 N–H and O–H groups in total. The van der Waals surface area contributed by atoms with Gasteiger partial charge in [0, 0.05) is 25.3 Å². The van der Waals surface area contributed by atoms with Crippen LogP contribution in [0, 0.1) is 0 Å². The third-order valence-corrected chi connectivity index (χ3v) is 4.62. The Balaban J connectivity index is 1.59. The lowest BCUT2D eigenvalue weighted by Crippen LogP contribution is -2.32. The lowest BCUT2D eigenvalue weighted by Gasteiger charge is -2.16. The minimum absolute atomic E-state index is 0.0713. The molecular formula is C23H25N3O2. The summed E-state index contributed by atoms with van der Waals surface area (Å²) in [5.74, 6) is -0.178. The highest BCUT2D eigenvalue weighted by molar-refractivity contribution is 5.95. The smallest absolute Gasteiger partial charge is 0.253 e. The van der Waals surface area contributed by atoms with Crippen molar-refractivity contribution >= 4 is 28.3 Å². The highest BCUT2D eigenvalue weighted by Gasteiger charge is 2.11. The molecule has 0 aliphatic heterocycles. The number of anilines is 1. The summed E-state index contributed by atoms with van der Waals surface area (Å²) in [6.45, 7) is 2.11. The first-order valence-electron chi connectivity index (χ1n) is 9.27. The predicted molar refractivity (Wildman–Crippen MR) is 113 cm³/mol. The van der Waals surface area contributed by atoms with Gasteiger partial charge in [-0.15, -0.1) is 0 Å². The first-order chi connectivity index (χ1) is 13.4. The Hall–Kier alpha value is -3.34. The summed E-state index contributed by atoms with van der Waals surface area (Å²) < 4.78 is 0. The SMILES string of the molecule is CC(NC(=O)CNc1cccc(C(=O)N(C)C)c1)c1ccc2ccccc2c1. The Morgan fingerprint density at radius 1 is 0.929 bits per heavy atom. The summed E-state index contributed by atoms with van der Waals surface area (Å²) in [4.78, 5) is 25.9. The van der Waals surface area contributed by atoms with Crippen LogP contribution in [0.5, 0.6) is 0 Å². The van der Waals surface area contributed by atoms with Crippen LogP contribution in [0.3, 0.4) is 0 Å². The molecule has 0 saturated heterocycles. The minimum atomic E-state index is -0.106. The average molecular weight is 375 g/mol. The maximum absolute atomic E-state index is 12.3. The molecule has 2 amide bonds. The van der Waals surface area contributed by atoms with E-state index in [4.69, 9.17) is 0 Å². The molecule has 28 heavy (non-hydrogen) atoms. The molecule has 0 aliphatic rings. The van der Waals surface area contributed by atoms with Crippen molar-refractivity contribution in [3.8, 4) is 0 Å². The first-order valence-corrected chi connectivity index (χ1v) is 9.27. The largest absolute Gasteiger partial charge is 0.376 e. The average Bonchev–Trinajstić information content (AvgIpc) is 2.71. The van der Waals surface area contributed by atoms with E-state index in [1.807, 2.05) is 31.2 Å². The molecule has 0 saturated carbocycles. The Bertz CT molecular complexity index is 998. The van der Waals surface area contributed by atoms with Gasteiger partial charge in [-0.3, -0.25) is 9.59 Å². The monoisotopic (exact) mass is 375 g/mol. The van der Waals surface area contributed by atoms with Crippen LogP contribution in [0.15, 0.2) is 66.7 Å². The highest BCUT2D eigenvalue weighted by Crippen LogP contribution is 2.20. The second-order valence-electron chi connectivity index (χ2n) is 7.03. The van der Waals surface area contributed by atoms with Gasteiger partial charge < -0.3 is 15.5 Å². The number of fused-ring (bicyclic) bond motifs is 1. The maximum atomic E-state index is 12.3. The van der Waals surface area contributed by atoms with E-state index in [9.17, 15) is 9.59 Å². The van der Waals surface area contributed by atoms with E-state index in [-0.39, 0.29) is 24.4 Å². The number of nitrogens with zero attached hydrogens (tertiary/aromatic N) is 1. The molecule has 5 nitrogen and oxygen atoms in total. The fourth-order valence-electron chi connectivity index (χ4n) is 3.06. The molecule has 0 bridgehead atoms. The van der Waals surface area contributed by atoms with Crippen molar-refractivity contribution in [1.29, 1.82) is 0 Å². The summed E-state index contributed by atoms with van der Waals surface area (Å²) in [7, 11) is 3.42. The summed E-state index contributed by atoms with van der Waals surface area (Å²) in [6, 6.07) is 21.4. The lowest BCUT2D eigenvalue weighted by atomic mass is 10.0. The molecule has 0 fully saturated rings. The number of benzene rings is 3. The Labute approximate surface area is 165 Å². The molecule has 0 spiro atoms. The van der Waals surface area contributed by atoms with E-state index in [1.165, 1.54) is 10.3 Å². The lowest BCUT2D eigenvalue weighted by molar-refractivity contribution is -0.120. The molecule has 3 aromatic carbocycles. The van der Waals surface area contributed by atoms with Gasteiger partial charge in [-0.25, -0.2) is 0 Å². The van der Waals surface area contributed by atoms with Crippen LogP contribution in [0.4, 0.5) is 5.69 Å². The molecular weight excluding hydrogens is 350 g/mol. The normalized spacial score (nSPS) is 11.7. The molecule has 0 aromatic heterocycles. The summed E-state index contributed by atoms with van der Waals surface area (Å²) in [5.41, 5.74) is 2.38. The number of rotatable bonds is 6. The zero-order valence-electron chi connectivity index (χ0n) is 16.4. The third kappa shape index (κ3) is 4.68. The fraction of sp³-hybridized carbons (Fsp3) is 0.217. The Morgan fingerprint density at radius 3 is 2.43 bits per heavy atom. The van der Waals surface area contributed by atoms with Crippen LogP contribution in [-0.2, 0) is 4.79 Å². The summed E-state index contributed by atoms with van der Waals surface area (Å²) in [5, 5.41) is 8.43. The molecule has 3 aromatic rings. The van der Waals surface area contributed by atoms with Crippen LogP contribution < -0.4 is 10.6 Å². The van der Waals surface area contributed by atoms with E-state index in [1.54, 1.807) is 32.3 Å². The molecule has 144 valence electrons. The van der Waals surface area contributed by atoms with Crippen LogP contribution in [-0.4, -0.2) is 37.4 Å². The van der Waals surface area contributed by atoms with Gasteiger partial charge >= 0.3 is 0 Å². The maximum Gasteiger partial charge on any atom is 0.253 e. The summed E-state index contributed by atoms with van der Waals surface area (Å²) in [6.07, 6.45) is 0. The van der Waals surface area contributed by atoms with Gasteiger partial charge in [0.1, 0.15) is 0 Å². The van der Waals surface area contributed by atoms with Gasteiger partial charge in [0.15, 0.2) is 0 Å². The van der Waals surface area contributed by atoms with E-state index < -0.39 is 0 Å². The van der Waals surface area contributed by atoms with Crippen LogP contribution >= 0.6 is 0 Å². The fourth-order valence-corrected chi connectivity index (χ4v) is 3.06. The first kappa shape index (κ1) is 19.4. The minimum Gasteiger partial charge on any atom is -0.376 e. The van der Waals surface area contributed by atoms with Crippen molar-refractivity contribution in [2.75, 3.05) is 26.0 Å². The second kappa shape index (κ2) is 8.57. The van der Waals surface area contributed by atoms with E-state index in [0.717, 1.165) is 16.6 Å². The molecule has 3 rings (SSSR count). The molecule has 0 radical (unpaired) electrons. The standard InChI is InChI=1S/C23H25N3O2/c1-16(18-12-11-17-7-4-5-8-19(17)13-18)25-22(27)15-24-21-10-6-9-20(14-21)23(28)26(2)3/h4-14,16,24H,15H2,1-3H3,(H,25,27). The second-order valence-corrected chi connectivity index (χ2v) is 7.03. The molecule has 1 atom stereocenters. The van der Waals surface area contributed by atoms with Crippen molar-refractivity contribution in [3.63, 3.8) is 0 Å². The quantitative estimate of drug-likeness (QED) is 0.688. The van der Waals surface area contributed by atoms with Crippen molar-refractivity contribution in [2.24, 2.45) is 0 Å². The van der Waals surface area contributed by atoms with E-state index in [2.05, 4.69) is 34.9 Å². The van der Waals surface area contributed by atoms with Gasteiger partial charge in [-0.05, 0) is 47.5 Å². The molecule has 0 heterocycles. The van der Waals surface area contributed by atoms with Crippen LogP contribution in [0.25, 0.3) is 10.8 Å². The van der Waals surface area contributed by atoms with Crippen molar-refractivity contribution < 1.29 is 9.59 Å². The third-order valence-electron chi connectivity index (χ3n) is 4.62. The van der Waals surface area contributed by atoms with Crippen molar-refractivity contribution in [1.82, 2.24) is 10.2 Å². The zero-order valence-corrected chi connectivity index (χ0v) is 16.4. The van der Waals surface area contributed by atoms with Gasteiger partial charge in [0.25, 0.3) is 5.91 Å². The number of carbonyl (C=O) groups is 2. The van der Waals surface area contributed by atoms with Crippen molar-refractivity contribution in [3.05, 3.63) is 77.9 Å². The molecule has 0 aliphatic carbocycles. The van der Waals surface area contributed by atoms with Crippen LogP contribution in [0.1, 0.15) is 28.9 Å². The summed E-state index contributed by atoms with van der Waals surface area (Å²) >= 11 is 0. The number of carbonyl (C=O) groups excluding carboxylic acids is 2. The predicted octanol–water partition coefficient (Wildman–Crippen LogP) is 3.83. The van der Waals surface area contributed by atoms with Crippen molar-refractivity contribution in [2.45, 2.75) is 13.0 Å². The zero-order chi connectivity index (χ0) is 20.1. The topological polar surface area (TPSA) is 61.4 Å². The number of hydrogen-bond acceptors (Lipinski definition) is 3. The Kier molecular flexibility index (Phi) is 5.94. The van der Waals surface area contributed by atoms with Gasteiger partial charge in [0.2, 0.25) is 5.91 Å². The number of amides is 2. The highest BCUT2D eigenvalue weighted by atomic mass is 16.2. The molecule has 5 heteroatoms. The van der Waals surface area contributed by atoms with Gasteiger partial charge in [-0.1, -0.05) is 42.5 Å². The van der Waals surface area contributed by atoms with Gasteiger partial charge in [-0.2, -0.15) is 0 Å². The van der Waals surface area contributed by atoms with E-state index >= 15 is 0 Å². The van der Waals surface area contributed by atoms with Gasteiger partial charge in [0.05, 0.1) is 12.6 Å². The van der Waals surface area contributed by atoms with E-state index in [0.29, 0.717) is 5.56 Å². The Morgan fingerprint density at radius 2 is 1.68 bits per heavy atom. The number of nitrogens with one attached hydrogen (secondary N) is 2. The number of hydrogen-bond donors (Lipinski definition) is 2. The molecule has 1 unspecified atom stereocenters. The van der Waals surface area contributed by atoms with Crippen LogP contribution in [0.2, 0.25) is 0 Å².